The van der Waals surface area contributed by atoms with Crippen LogP contribution < -0.4 is 10.6 Å². The Morgan fingerprint density at radius 1 is 1.11 bits per heavy atom. The van der Waals surface area contributed by atoms with Crippen LogP contribution in [0.15, 0.2) is 24.3 Å². The van der Waals surface area contributed by atoms with Crippen LogP contribution in [0.2, 0.25) is 0 Å². The molecule has 0 saturated carbocycles. The predicted molar refractivity (Wildman–Crippen MR) is 75.7 cm³/mol. The van der Waals surface area contributed by atoms with E-state index in [0.29, 0.717) is 24.3 Å². The fourth-order valence-corrected chi connectivity index (χ4v) is 1.14. The van der Waals surface area contributed by atoms with Crippen LogP contribution in [0, 0.1) is 0 Å². The van der Waals surface area contributed by atoms with Gasteiger partial charge in [0.15, 0.2) is 0 Å². The van der Waals surface area contributed by atoms with Crippen molar-refractivity contribution in [2.75, 3.05) is 13.2 Å². The highest BCUT2D eigenvalue weighted by Gasteiger charge is 2.11. The number of hydrogen-bond donors (Lipinski definition) is 2. The molecule has 0 radical (unpaired) electrons. The van der Waals surface area contributed by atoms with Gasteiger partial charge in [-0.05, 0) is 27.7 Å². The lowest BCUT2D eigenvalue weighted by molar-refractivity contribution is -0.118. The second-order valence-electron chi connectivity index (χ2n) is 4.79. The molecule has 0 aromatic carbocycles. The molecule has 108 valence electrons. The predicted octanol–water partition coefficient (Wildman–Crippen LogP) is 1.16. The first-order chi connectivity index (χ1) is 8.73. The van der Waals surface area contributed by atoms with Gasteiger partial charge in [0, 0.05) is 23.7 Å². The first kappa shape index (κ1) is 17.4. The molecule has 0 saturated heterocycles. The van der Waals surface area contributed by atoms with Crippen molar-refractivity contribution in [3.63, 3.8) is 0 Å². The zero-order valence-electron chi connectivity index (χ0n) is 12.2. The van der Waals surface area contributed by atoms with Gasteiger partial charge in [-0.1, -0.05) is 13.2 Å². The Kier molecular flexibility index (Phi) is 7.75. The number of amides is 2. The normalized spacial score (nSPS) is 13.3. The van der Waals surface area contributed by atoms with Crippen LogP contribution in [-0.4, -0.2) is 37.1 Å². The molecule has 2 atom stereocenters. The van der Waals surface area contributed by atoms with Crippen LogP contribution in [0.1, 0.15) is 27.7 Å². The lowest BCUT2D eigenvalue weighted by Crippen LogP contribution is -2.39. The Bertz CT molecular complexity index is 364. The Morgan fingerprint density at radius 2 is 1.63 bits per heavy atom. The van der Waals surface area contributed by atoms with Crippen LogP contribution in [0.4, 0.5) is 0 Å². The van der Waals surface area contributed by atoms with Crippen LogP contribution in [0.5, 0.6) is 0 Å². The molecule has 0 aliphatic rings. The van der Waals surface area contributed by atoms with Crippen molar-refractivity contribution in [1.29, 1.82) is 0 Å². The topological polar surface area (TPSA) is 67.4 Å². The SMILES string of the molecule is C=C(C)C(=O)NCC(C)OCC(C)NC(=O)C(=C)C. The second kappa shape index (κ2) is 8.48. The molecular formula is C14H24N2O3. The van der Waals surface area contributed by atoms with E-state index < -0.39 is 0 Å². The summed E-state index contributed by atoms with van der Waals surface area (Å²) in [6, 6.07) is -0.108. The summed E-state index contributed by atoms with van der Waals surface area (Å²) < 4.78 is 5.53. The minimum Gasteiger partial charge on any atom is -0.375 e. The van der Waals surface area contributed by atoms with Crippen LogP contribution in [-0.2, 0) is 14.3 Å². The smallest absolute Gasteiger partial charge is 0.246 e. The van der Waals surface area contributed by atoms with Gasteiger partial charge >= 0.3 is 0 Å². The number of rotatable bonds is 8. The molecule has 0 rings (SSSR count). The zero-order valence-corrected chi connectivity index (χ0v) is 12.2. The third-order valence-electron chi connectivity index (χ3n) is 2.33. The van der Waals surface area contributed by atoms with Gasteiger partial charge in [0.05, 0.1) is 12.7 Å². The zero-order chi connectivity index (χ0) is 15.0. The molecule has 0 aliphatic heterocycles. The van der Waals surface area contributed by atoms with E-state index in [4.69, 9.17) is 4.74 Å². The second-order valence-corrected chi connectivity index (χ2v) is 4.79. The fourth-order valence-electron chi connectivity index (χ4n) is 1.14. The molecule has 19 heavy (non-hydrogen) atoms. The summed E-state index contributed by atoms with van der Waals surface area (Å²) in [5, 5.41) is 5.45. The highest BCUT2D eigenvalue weighted by atomic mass is 16.5. The molecule has 0 aromatic heterocycles. The quantitative estimate of drug-likeness (QED) is 0.649. The number of hydrogen-bond acceptors (Lipinski definition) is 3. The van der Waals surface area contributed by atoms with Crippen LogP contribution >= 0.6 is 0 Å². The molecule has 2 amide bonds. The maximum atomic E-state index is 11.4. The fraction of sp³-hybridized carbons (Fsp3) is 0.571. The van der Waals surface area contributed by atoms with Crippen molar-refractivity contribution in [2.45, 2.75) is 39.8 Å². The van der Waals surface area contributed by atoms with Gasteiger partial charge in [0.25, 0.3) is 0 Å². The summed E-state index contributed by atoms with van der Waals surface area (Å²) in [5.74, 6) is -0.363. The third-order valence-corrected chi connectivity index (χ3v) is 2.33. The van der Waals surface area contributed by atoms with Gasteiger partial charge in [-0.15, -0.1) is 0 Å². The average Bonchev–Trinajstić information content (AvgIpc) is 2.32. The number of carbonyl (C=O) groups is 2. The first-order valence-electron chi connectivity index (χ1n) is 6.25. The molecule has 2 N–H and O–H groups in total. The summed E-state index contributed by atoms with van der Waals surface area (Å²) in [6.45, 7) is 14.9. The van der Waals surface area contributed by atoms with E-state index in [0.717, 1.165) is 0 Å². The van der Waals surface area contributed by atoms with E-state index in [-0.39, 0.29) is 24.0 Å². The van der Waals surface area contributed by atoms with Crippen molar-refractivity contribution in [1.82, 2.24) is 10.6 Å². The maximum absolute atomic E-state index is 11.4. The van der Waals surface area contributed by atoms with Crippen molar-refractivity contribution in [2.24, 2.45) is 0 Å². The highest BCUT2D eigenvalue weighted by molar-refractivity contribution is 5.92. The summed E-state index contributed by atoms with van der Waals surface area (Å²) in [5.41, 5.74) is 0.933. The van der Waals surface area contributed by atoms with Crippen molar-refractivity contribution < 1.29 is 14.3 Å². The summed E-state index contributed by atoms with van der Waals surface area (Å²) in [6.07, 6.45) is -0.132. The molecular weight excluding hydrogens is 244 g/mol. The van der Waals surface area contributed by atoms with E-state index in [9.17, 15) is 9.59 Å². The molecule has 0 fully saturated rings. The monoisotopic (exact) mass is 268 g/mol. The molecule has 5 heteroatoms. The maximum Gasteiger partial charge on any atom is 0.246 e. The van der Waals surface area contributed by atoms with Crippen LogP contribution in [0.25, 0.3) is 0 Å². The lowest BCUT2D eigenvalue weighted by Gasteiger charge is -2.18. The molecule has 0 bridgehead atoms. The van der Waals surface area contributed by atoms with Gasteiger partial charge in [-0.25, -0.2) is 0 Å². The lowest BCUT2D eigenvalue weighted by atomic mass is 10.3. The largest absolute Gasteiger partial charge is 0.375 e. The number of carbonyl (C=O) groups excluding carboxylic acids is 2. The standard InChI is InChI=1S/C14H24N2O3/c1-9(2)13(17)15-7-12(6)19-8-11(5)16-14(18)10(3)4/h11-12H,1,3,7-8H2,2,4-6H3,(H,15,17)(H,16,18). The van der Waals surface area contributed by atoms with Gasteiger partial charge in [0.2, 0.25) is 11.8 Å². The van der Waals surface area contributed by atoms with Gasteiger partial charge in [-0.3, -0.25) is 9.59 Å². The van der Waals surface area contributed by atoms with E-state index in [1.54, 1.807) is 13.8 Å². The van der Waals surface area contributed by atoms with Crippen LogP contribution in [0.3, 0.4) is 0 Å². The molecule has 0 heterocycles. The molecule has 0 aromatic rings. The van der Waals surface area contributed by atoms with Crippen molar-refractivity contribution >= 4 is 11.8 Å². The van der Waals surface area contributed by atoms with E-state index >= 15 is 0 Å². The molecule has 2 unspecified atom stereocenters. The van der Waals surface area contributed by atoms with E-state index in [1.807, 2.05) is 13.8 Å². The summed E-state index contributed by atoms with van der Waals surface area (Å²) in [7, 11) is 0. The Hall–Kier alpha value is -1.62. The minimum absolute atomic E-state index is 0.108. The van der Waals surface area contributed by atoms with E-state index in [1.165, 1.54) is 0 Å². The van der Waals surface area contributed by atoms with Crippen molar-refractivity contribution in [3.05, 3.63) is 24.3 Å². The average molecular weight is 268 g/mol. The minimum atomic E-state index is -0.181. The first-order valence-corrected chi connectivity index (χ1v) is 6.25. The van der Waals surface area contributed by atoms with Crippen molar-refractivity contribution in [3.8, 4) is 0 Å². The van der Waals surface area contributed by atoms with E-state index in [2.05, 4.69) is 23.8 Å². The van der Waals surface area contributed by atoms with Gasteiger partial charge in [-0.2, -0.15) is 0 Å². The Balaban J connectivity index is 3.87. The van der Waals surface area contributed by atoms with Gasteiger partial charge < -0.3 is 15.4 Å². The Morgan fingerprint density at radius 3 is 2.11 bits per heavy atom. The summed E-state index contributed by atoms with van der Waals surface area (Å²) in [4.78, 5) is 22.6. The molecule has 5 nitrogen and oxygen atoms in total. The highest BCUT2D eigenvalue weighted by Crippen LogP contribution is 1.95. The van der Waals surface area contributed by atoms with Gasteiger partial charge in [0.1, 0.15) is 0 Å². The summed E-state index contributed by atoms with van der Waals surface area (Å²) >= 11 is 0. The number of nitrogens with one attached hydrogen (secondary N) is 2. The molecule has 0 spiro atoms. The Labute approximate surface area is 115 Å². The third kappa shape index (κ3) is 8.15. The number of ether oxygens (including phenoxy) is 1. The molecule has 0 aliphatic carbocycles.